The summed E-state index contributed by atoms with van der Waals surface area (Å²) in [6.45, 7) is 2.23. The fourth-order valence-electron chi connectivity index (χ4n) is 1.58. The van der Waals surface area contributed by atoms with Crippen molar-refractivity contribution in [2.24, 2.45) is 5.92 Å². The molecule has 1 aliphatic rings. The van der Waals surface area contributed by atoms with Crippen LogP contribution in [-0.4, -0.2) is 4.98 Å². The standard InChI is InChI=1S/C13H13N/c1-11-5-6-12(10-11)7-8-13-4-2-3-9-14-13/h2-4,9-11H,5-6H2,1H3. The first-order chi connectivity index (χ1) is 6.84. The van der Waals surface area contributed by atoms with Gasteiger partial charge in [0.2, 0.25) is 0 Å². The molecule has 1 aliphatic carbocycles. The Morgan fingerprint density at radius 3 is 2.93 bits per heavy atom. The van der Waals surface area contributed by atoms with Crippen molar-refractivity contribution in [2.45, 2.75) is 19.8 Å². The molecule has 0 saturated carbocycles. The van der Waals surface area contributed by atoms with E-state index in [0.717, 1.165) is 12.1 Å². The Bertz CT molecular complexity index is 392. The van der Waals surface area contributed by atoms with E-state index in [9.17, 15) is 0 Å². The molecular formula is C13H13N. The zero-order valence-corrected chi connectivity index (χ0v) is 8.33. The lowest BCUT2D eigenvalue weighted by Crippen LogP contribution is -1.78. The van der Waals surface area contributed by atoms with Crippen LogP contribution in [0.2, 0.25) is 0 Å². The summed E-state index contributed by atoms with van der Waals surface area (Å²) in [4.78, 5) is 4.16. The van der Waals surface area contributed by atoms with E-state index in [2.05, 4.69) is 29.8 Å². The summed E-state index contributed by atoms with van der Waals surface area (Å²) >= 11 is 0. The third-order valence-electron chi connectivity index (χ3n) is 2.37. The van der Waals surface area contributed by atoms with Crippen molar-refractivity contribution in [3.63, 3.8) is 0 Å². The summed E-state index contributed by atoms with van der Waals surface area (Å²) in [5.74, 6) is 6.95. The van der Waals surface area contributed by atoms with Crippen LogP contribution in [-0.2, 0) is 0 Å². The van der Waals surface area contributed by atoms with Crippen LogP contribution in [0.15, 0.2) is 36.0 Å². The van der Waals surface area contributed by atoms with E-state index in [-0.39, 0.29) is 0 Å². The van der Waals surface area contributed by atoms with Crippen molar-refractivity contribution in [3.05, 3.63) is 41.7 Å². The molecule has 0 fully saturated rings. The first-order valence-corrected chi connectivity index (χ1v) is 4.98. The number of nitrogens with zero attached hydrogens (tertiary/aromatic N) is 1. The summed E-state index contributed by atoms with van der Waals surface area (Å²) in [7, 11) is 0. The van der Waals surface area contributed by atoms with Crippen molar-refractivity contribution in [3.8, 4) is 11.8 Å². The van der Waals surface area contributed by atoms with E-state index < -0.39 is 0 Å². The molecule has 70 valence electrons. The number of aromatic nitrogens is 1. The average Bonchev–Trinajstić information content (AvgIpc) is 2.63. The van der Waals surface area contributed by atoms with E-state index in [1.165, 1.54) is 12.0 Å². The molecule has 0 amide bonds. The lowest BCUT2D eigenvalue weighted by molar-refractivity contribution is 0.700. The van der Waals surface area contributed by atoms with Crippen molar-refractivity contribution < 1.29 is 0 Å². The summed E-state index contributed by atoms with van der Waals surface area (Å²) in [6.07, 6.45) is 6.40. The highest BCUT2D eigenvalue weighted by atomic mass is 14.6. The molecule has 0 aromatic carbocycles. The van der Waals surface area contributed by atoms with Gasteiger partial charge in [0.1, 0.15) is 5.69 Å². The molecule has 2 rings (SSSR count). The van der Waals surface area contributed by atoms with Gasteiger partial charge >= 0.3 is 0 Å². The van der Waals surface area contributed by atoms with Gasteiger partial charge < -0.3 is 0 Å². The van der Waals surface area contributed by atoms with Gasteiger partial charge in [0, 0.05) is 6.20 Å². The minimum atomic E-state index is 0.697. The number of rotatable bonds is 0. The first-order valence-electron chi connectivity index (χ1n) is 4.98. The third kappa shape index (κ3) is 2.23. The van der Waals surface area contributed by atoms with Crippen LogP contribution in [0.3, 0.4) is 0 Å². The second kappa shape index (κ2) is 4.11. The molecule has 0 aliphatic heterocycles. The molecule has 1 heterocycles. The SMILES string of the molecule is CC1C=C(C#Cc2ccccn2)CC1. The molecule has 14 heavy (non-hydrogen) atoms. The van der Waals surface area contributed by atoms with Crippen LogP contribution in [0.5, 0.6) is 0 Å². The Balaban J connectivity index is 2.11. The fraction of sp³-hybridized carbons (Fsp3) is 0.308. The van der Waals surface area contributed by atoms with E-state index in [1.54, 1.807) is 6.20 Å². The molecule has 1 aromatic heterocycles. The maximum absolute atomic E-state index is 4.16. The Morgan fingerprint density at radius 2 is 2.29 bits per heavy atom. The Morgan fingerprint density at radius 1 is 1.36 bits per heavy atom. The predicted molar refractivity (Wildman–Crippen MR) is 57.6 cm³/mol. The molecule has 1 nitrogen and oxygen atoms in total. The molecule has 1 heteroatoms. The van der Waals surface area contributed by atoms with Gasteiger partial charge in [-0.1, -0.05) is 25.0 Å². The Labute approximate surface area is 84.9 Å². The lowest BCUT2D eigenvalue weighted by Gasteiger charge is -1.89. The number of hydrogen-bond acceptors (Lipinski definition) is 1. The fourth-order valence-corrected chi connectivity index (χ4v) is 1.58. The van der Waals surface area contributed by atoms with Crippen LogP contribution in [0.4, 0.5) is 0 Å². The largest absolute Gasteiger partial charge is 0.248 e. The monoisotopic (exact) mass is 183 g/mol. The highest BCUT2D eigenvalue weighted by molar-refractivity contribution is 5.38. The second-order valence-electron chi connectivity index (χ2n) is 3.67. The summed E-state index contributed by atoms with van der Waals surface area (Å²) in [6, 6.07) is 5.80. The molecule has 0 N–H and O–H groups in total. The lowest BCUT2D eigenvalue weighted by atomic mass is 10.2. The van der Waals surface area contributed by atoms with Crippen molar-refractivity contribution in [1.29, 1.82) is 0 Å². The van der Waals surface area contributed by atoms with Crippen LogP contribution in [0.25, 0.3) is 0 Å². The minimum Gasteiger partial charge on any atom is -0.248 e. The van der Waals surface area contributed by atoms with Crippen molar-refractivity contribution in [1.82, 2.24) is 4.98 Å². The summed E-state index contributed by atoms with van der Waals surface area (Å²) in [5, 5.41) is 0. The molecule has 0 spiro atoms. The Kier molecular flexibility index (Phi) is 2.65. The molecule has 0 radical (unpaired) electrons. The van der Waals surface area contributed by atoms with Crippen LogP contribution in [0.1, 0.15) is 25.5 Å². The number of allylic oxidation sites excluding steroid dienone is 2. The van der Waals surface area contributed by atoms with Gasteiger partial charge in [-0.2, -0.15) is 0 Å². The first kappa shape index (κ1) is 9.02. The van der Waals surface area contributed by atoms with Crippen LogP contribution in [0, 0.1) is 17.8 Å². The van der Waals surface area contributed by atoms with Gasteiger partial charge in [-0.05, 0) is 42.4 Å². The predicted octanol–water partition coefficient (Wildman–Crippen LogP) is 2.79. The number of pyridine rings is 1. The van der Waals surface area contributed by atoms with Crippen molar-refractivity contribution >= 4 is 0 Å². The van der Waals surface area contributed by atoms with E-state index >= 15 is 0 Å². The quantitative estimate of drug-likeness (QED) is 0.563. The van der Waals surface area contributed by atoms with Gasteiger partial charge in [0.05, 0.1) is 0 Å². The van der Waals surface area contributed by atoms with Crippen LogP contribution >= 0.6 is 0 Å². The molecular weight excluding hydrogens is 170 g/mol. The summed E-state index contributed by atoms with van der Waals surface area (Å²) in [5.41, 5.74) is 2.12. The molecule has 1 atom stereocenters. The molecule has 0 bridgehead atoms. The molecule has 1 aromatic rings. The van der Waals surface area contributed by atoms with E-state index in [4.69, 9.17) is 0 Å². The smallest absolute Gasteiger partial charge is 0.113 e. The highest BCUT2D eigenvalue weighted by Crippen LogP contribution is 2.22. The normalized spacial score (nSPS) is 19.8. The maximum atomic E-state index is 4.16. The number of hydrogen-bond donors (Lipinski definition) is 0. The zero-order valence-electron chi connectivity index (χ0n) is 8.33. The van der Waals surface area contributed by atoms with Gasteiger partial charge in [0.15, 0.2) is 0 Å². The second-order valence-corrected chi connectivity index (χ2v) is 3.67. The van der Waals surface area contributed by atoms with Gasteiger partial charge in [-0.3, -0.25) is 0 Å². The average molecular weight is 183 g/mol. The third-order valence-corrected chi connectivity index (χ3v) is 2.37. The topological polar surface area (TPSA) is 12.9 Å². The van der Waals surface area contributed by atoms with Crippen molar-refractivity contribution in [2.75, 3.05) is 0 Å². The van der Waals surface area contributed by atoms with E-state index in [1.807, 2.05) is 18.2 Å². The molecule has 0 saturated heterocycles. The maximum Gasteiger partial charge on any atom is 0.113 e. The van der Waals surface area contributed by atoms with Gasteiger partial charge in [0.25, 0.3) is 0 Å². The molecule has 1 unspecified atom stereocenters. The van der Waals surface area contributed by atoms with E-state index in [0.29, 0.717) is 5.92 Å². The zero-order chi connectivity index (χ0) is 9.80. The van der Waals surface area contributed by atoms with Gasteiger partial charge in [-0.15, -0.1) is 0 Å². The summed E-state index contributed by atoms with van der Waals surface area (Å²) < 4.78 is 0. The van der Waals surface area contributed by atoms with Crippen LogP contribution < -0.4 is 0 Å². The van der Waals surface area contributed by atoms with Gasteiger partial charge in [-0.25, -0.2) is 4.98 Å². The Hall–Kier alpha value is -1.55. The minimum absolute atomic E-state index is 0.697. The highest BCUT2D eigenvalue weighted by Gasteiger charge is 2.08.